The molecule has 1 fully saturated rings. The normalized spacial score (nSPS) is 17.4. The molecule has 4 nitrogen and oxygen atoms in total. The molecular weight excluding hydrogens is 186 g/mol. The summed E-state index contributed by atoms with van der Waals surface area (Å²) in [6, 6.07) is 0.251. The van der Waals surface area contributed by atoms with Crippen molar-refractivity contribution in [2.24, 2.45) is 0 Å². The summed E-state index contributed by atoms with van der Waals surface area (Å²) in [5, 5.41) is 9.13. The van der Waals surface area contributed by atoms with Gasteiger partial charge in [0.1, 0.15) is 6.04 Å². The fraction of sp³-hybridized carbons (Fsp3) is 0.750. The van der Waals surface area contributed by atoms with Gasteiger partial charge in [-0.2, -0.15) is 0 Å². The Morgan fingerprint density at radius 1 is 1.54 bits per heavy atom. The highest BCUT2D eigenvalue weighted by Gasteiger charge is 2.22. The summed E-state index contributed by atoms with van der Waals surface area (Å²) < 4.78 is 0. The Balaban J connectivity index is 2.21. The van der Waals surface area contributed by atoms with Crippen molar-refractivity contribution < 1.29 is 4.79 Å². The van der Waals surface area contributed by atoms with Crippen LogP contribution in [0, 0.1) is 0 Å². The summed E-state index contributed by atoms with van der Waals surface area (Å²) in [6.07, 6.45) is 2.35. The van der Waals surface area contributed by atoms with E-state index in [0.717, 1.165) is 0 Å². The topological polar surface area (TPSA) is 53.2 Å². The van der Waals surface area contributed by atoms with Crippen LogP contribution in [0.5, 0.6) is 0 Å². The predicted octanol–water partition coefficient (Wildman–Crippen LogP) is -0.253. The van der Waals surface area contributed by atoms with Gasteiger partial charge in [0.15, 0.2) is 5.11 Å². The molecule has 1 saturated carbocycles. The second-order valence-corrected chi connectivity index (χ2v) is 3.64. The Morgan fingerprint density at radius 3 is 2.62 bits per heavy atom. The van der Waals surface area contributed by atoms with Crippen LogP contribution < -0.4 is 16.0 Å². The average molecular weight is 201 g/mol. The van der Waals surface area contributed by atoms with Crippen molar-refractivity contribution in [3.8, 4) is 0 Å². The lowest BCUT2D eigenvalue weighted by atomic mass is 10.3. The number of carbonyl (C=O) groups is 1. The third-order valence-electron chi connectivity index (χ3n) is 1.90. The third-order valence-corrected chi connectivity index (χ3v) is 2.14. The SMILES string of the molecule is CNC(=O)[C@H](C)NC(=S)NC1CC1. The van der Waals surface area contributed by atoms with Crippen molar-refractivity contribution in [2.75, 3.05) is 7.05 Å². The molecule has 13 heavy (non-hydrogen) atoms. The van der Waals surface area contributed by atoms with Gasteiger partial charge >= 0.3 is 0 Å². The summed E-state index contributed by atoms with van der Waals surface area (Å²) in [5.41, 5.74) is 0. The number of likely N-dealkylation sites (N-methyl/N-ethyl adjacent to an activating group) is 1. The lowest BCUT2D eigenvalue weighted by Crippen LogP contribution is -2.48. The van der Waals surface area contributed by atoms with Crippen LogP contribution in [0.4, 0.5) is 0 Å². The highest BCUT2D eigenvalue weighted by Crippen LogP contribution is 2.18. The molecular formula is C8H15N3OS. The fourth-order valence-electron chi connectivity index (χ4n) is 0.933. The maximum Gasteiger partial charge on any atom is 0.242 e. The molecule has 0 aromatic rings. The highest BCUT2D eigenvalue weighted by atomic mass is 32.1. The number of hydrogen-bond acceptors (Lipinski definition) is 2. The van der Waals surface area contributed by atoms with E-state index in [1.165, 1.54) is 12.8 Å². The Bertz CT molecular complexity index is 215. The Kier molecular flexibility index (Phi) is 3.48. The summed E-state index contributed by atoms with van der Waals surface area (Å²) in [5.74, 6) is -0.0556. The van der Waals surface area contributed by atoms with E-state index < -0.39 is 0 Å². The molecule has 5 heteroatoms. The summed E-state index contributed by atoms with van der Waals surface area (Å²) in [6.45, 7) is 1.78. The minimum Gasteiger partial charge on any atom is -0.360 e. The molecule has 1 atom stereocenters. The molecule has 74 valence electrons. The standard InChI is InChI=1S/C8H15N3OS/c1-5(7(12)9-2)10-8(13)11-6-3-4-6/h5-6H,3-4H2,1-2H3,(H,9,12)(H2,10,11,13)/t5-/m0/s1. The Morgan fingerprint density at radius 2 is 2.15 bits per heavy atom. The zero-order chi connectivity index (χ0) is 9.84. The van der Waals surface area contributed by atoms with Crippen molar-refractivity contribution in [3.05, 3.63) is 0 Å². The van der Waals surface area contributed by atoms with Crippen LogP contribution in [0.3, 0.4) is 0 Å². The molecule has 0 radical (unpaired) electrons. The number of rotatable bonds is 3. The van der Waals surface area contributed by atoms with Crippen molar-refractivity contribution >= 4 is 23.2 Å². The van der Waals surface area contributed by atoms with E-state index in [9.17, 15) is 4.79 Å². The van der Waals surface area contributed by atoms with Gasteiger partial charge in [-0.15, -0.1) is 0 Å². The fourth-order valence-corrected chi connectivity index (χ4v) is 1.28. The molecule has 0 aromatic heterocycles. The molecule has 3 N–H and O–H groups in total. The van der Waals surface area contributed by atoms with Crippen LogP contribution in [0.1, 0.15) is 19.8 Å². The van der Waals surface area contributed by atoms with Crippen molar-refractivity contribution in [1.29, 1.82) is 0 Å². The summed E-state index contributed by atoms with van der Waals surface area (Å²) >= 11 is 5.01. The summed E-state index contributed by atoms with van der Waals surface area (Å²) in [7, 11) is 1.61. The van der Waals surface area contributed by atoms with Gasteiger partial charge in [-0.25, -0.2) is 0 Å². The van der Waals surface area contributed by atoms with Gasteiger partial charge < -0.3 is 16.0 Å². The maximum atomic E-state index is 11.1. The average Bonchev–Trinajstić information content (AvgIpc) is 2.86. The lowest BCUT2D eigenvalue weighted by molar-refractivity contribution is -0.121. The van der Waals surface area contributed by atoms with E-state index in [1.54, 1.807) is 14.0 Å². The molecule has 1 rings (SSSR count). The minimum absolute atomic E-state index is 0.0556. The van der Waals surface area contributed by atoms with Crippen LogP contribution in [0.15, 0.2) is 0 Å². The predicted molar refractivity (Wildman–Crippen MR) is 55.4 cm³/mol. The van der Waals surface area contributed by atoms with Crippen molar-refractivity contribution in [1.82, 2.24) is 16.0 Å². The van der Waals surface area contributed by atoms with E-state index in [0.29, 0.717) is 11.2 Å². The van der Waals surface area contributed by atoms with E-state index in [-0.39, 0.29) is 11.9 Å². The largest absolute Gasteiger partial charge is 0.360 e. The first-order chi connectivity index (χ1) is 6.13. The van der Waals surface area contributed by atoms with Crippen LogP contribution in [0.2, 0.25) is 0 Å². The first-order valence-corrected chi connectivity index (χ1v) is 4.83. The van der Waals surface area contributed by atoms with Gasteiger partial charge in [0.2, 0.25) is 5.91 Å². The first-order valence-electron chi connectivity index (χ1n) is 4.42. The van der Waals surface area contributed by atoms with E-state index in [2.05, 4.69) is 16.0 Å². The Labute approximate surface area is 83.5 Å². The van der Waals surface area contributed by atoms with Gasteiger partial charge in [-0.05, 0) is 32.0 Å². The van der Waals surface area contributed by atoms with Crippen LogP contribution in [-0.2, 0) is 4.79 Å². The van der Waals surface area contributed by atoms with Gasteiger partial charge in [0.25, 0.3) is 0 Å². The smallest absolute Gasteiger partial charge is 0.242 e. The molecule has 1 aliphatic rings. The Hall–Kier alpha value is -0.840. The van der Waals surface area contributed by atoms with E-state index >= 15 is 0 Å². The van der Waals surface area contributed by atoms with Gasteiger partial charge in [0, 0.05) is 13.1 Å². The molecule has 0 aromatic carbocycles. The van der Waals surface area contributed by atoms with Crippen molar-refractivity contribution in [3.63, 3.8) is 0 Å². The molecule has 0 spiro atoms. The molecule has 0 aliphatic heterocycles. The number of amides is 1. The zero-order valence-electron chi connectivity index (χ0n) is 7.89. The van der Waals surface area contributed by atoms with Gasteiger partial charge in [0.05, 0.1) is 0 Å². The first kappa shape index (κ1) is 10.2. The molecule has 1 aliphatic carbocycles. The number of thiocarbonyl (C=S) groups is 1. The minimum atomic E-state index is -0.274. The lowest BCUT2D eigenvalue weighted by Gasteiger charge is -2.15. The van der Waals surface area contributed by atoms with Gasteiger partial charge in [-0.3, -0.25) is 4.79 Å². The monoisotopic (exact) mass is 201 g/mol. The van der Waals surface area contributed by atoms with E-state index in [4.69, 9.17) is 12.2 Å². The summed E-state index contributed by atoms with van der Waals surface area (Å²) in [4.78, 5) is 11.1. The molecule has 0 heterocycles. The molecule has 0 saturated heterocycles. The second-order valence-electron chi connectivity index (χ2n) is 3.23. The zero-order valence-corrected chi connectivity index (χ0v) is 8.70. The molecule has 1 amide bonds. The molecule has 0 bridgehead atoms. The number of nitrogens with one attached hydrogen (secondary N) is 3. The highest BCUT2D eigenvalue weighted by molar-refractivity contribution is 7.80. The van der Waals surface area contributed by atoms with Gasteiger partial charge in [-0.1, -0.05) is 0 Å². The van der Waals surface area contributed by atoms with Crippen LogP contribution in [-0.4, -0.2) is 30.2 Å². The molecule has 0 unspecified atom stereocenters. The second kappa shape index (κ2) is 4.41. The van der Waals surface area contributed by atoms with E-state index in [1.807, 2.05) is 0 Å². The van der Waals surface area contributed by atoms with Crippen LogP contribution >= 0.6 is 12.2 Å². The van der Waals surface area contributed by atoms with Crippen LogP contribution in [0.25, 0.3) is 0 Å². The maximum absolute atomic E-state index is 11.1. The number of carbonyl (C=O) groups excluding carboxylic acids is 1. The third kappa shape index (κ3) is 3.59. The van der Waals surface area contributed by atoms with Crippen molar-refractivity contribution in [2.45, 2.75) is 31.8 Å². The quantitative estimate of drug-likeness (QED) is 0.551. The number of hydrogen-bond donors (Lipinski definition) is 3.